The van der Waals surface area contributed by atoms with Gasteiger partial charge in [-0.1, -0.05) is 6.07 Å². The van der Waals surface area contributed by atoms with Crippen molar-refractivity contribution in [3.63, 3.8) is 0 Å². The summed E-state index contributed by atoms with van der Waals surface area (Å²) >= 11 is 0. The topological polar surface area (TPSA) is 93.2 Å². The zero-order valence-corrected chi connectivity index (χ0v) is 15.8. The molecule has 0 spiro atoms. The van der Waals surface area contributed by atoms with Crippen LogP contribution in [0.1, 0.15) is 21.7 Å². The number of rotatable bonds is 2. The number of hydrogen-bond acceptors (Lipinski definition) is 6. The SMILES string of the molecule is Cc1nc(N2CCN(C(=O)c3cc(N)ccc3C)CC2)c2cnn(C)c2n1. The summed E-state index contributed by atoms with van der Waals surface area (Å²) in [7, 11) is 1.88. The number of nitrogen functional groups attached to an aromatic ring is 1. The highest BCUT2D eigenvalue weighted by molar-refractivity contribution is 5.96. The molecule has 3 heterocycles. The van der Waals surface area contributed by atoms with Gasteiger partial charge in [0.05, 0.1) is 11.6 Å². The van der Waals surface area contributed by atoms with Crippen LogP contribution in [0.2, 0.25) is 0 Å². The van der Waals surface area contributed by atoms with Crippen LogP contribution in [0.4, 0.5) is 11.5 Å². The van der Waals surface area contributed by atoms with Gasteiger partial charge in [0, 0.05) is 44.5 Å². The van der Waals surface area contributed by atoms with Crippen molar-refractivity contribution in [1.29, 1.82) is 0 Å². The lowest BCUT2D eigenvalue weighted by Gasteiger charge is -2.36. The fourth-order valence-electron chi connectivity index (χ4n) is 3.52. The Morgan fingerprint density at radius 3 is 2.59 bits per heavy atom. The standard InChI is InChI=1S/C19H23N7O/c1-12-4-5-14(20)10-15(12)19(27)26-8-6-25(7-9-26)18-16-11-21-24(3)17(16)22-13(2)23-18/h4-5,10-11H,6-9,20H2,1-3H3. The van der Waals surface area contributed by atoms with Crippen LogP contribution >= 0.6 is 0 Å². The van der Waals surface area contributed by atoms with Crippen molar-refractivity contribution in [3.8, 4) is 0 Å². The number of fused-ring (bicyclic) bond motifs is 1. The first-order valence-electron chi connectivity index (χ1n) is 9.01. The third kappa shape index (κ3) is 3.07. The van der Waals surface area contributed by atoms with Gasteiger partial charge in [0.2, 0.25) is 0 Å². The Bertz CT molecular complexity index is 1020. The molecule has 4 rings (SSSR count). The molecule has 27 heavy (non-hydrogen) atoms. The number of carbonyl (C=O) groups is 1. The van der Waals surface area contributed by atoms with Gasteiger partial charge in [0.1, 0.15) is 11.6 Å². The Labute approximate surface area is 157 Å². The molecule has 1 aliphatic rings. The number of amides is 1. The first kappa shape index (κ1) is 17.3. The van der Waals surface area contributed by atoms with Crippen LogP contribution in [-0.2, 0) is 7.05 Å². The van der Waals surface area contributed by atoms with E-state index in [4.69, 9.17) is 5.73 Å². The fraction of sp³-hybridized carbons (Fsp3) is 0.368. The summed E-state index contributed by atoms with van der Waals surface area (Å²) in [6.07, 6.45) is 1.80. The number of piperazine rings is 1. The number of aryl methyl sites for hydroxylation is 3. The van der Waals surface area contributed by atoms with E-state index in [2.05, 4.69) is 20.0 Å². The van der Waals surface area contributed by atoms with Crippen LogP contribution in [0.5, 0.6) is 0 Å². The maximum absolute atomic E-state index is 12.9. The molecular formula is C19H23N7O. The second kappa shape index (κ2) is 6.53. The molecule has 0 unspecified atom stereocenters. The van der Waals surface area contributed by atoms with Crippen LogP contribution in [0.15, 0.2) is 24.4 Å². The van der Waals surface area contributed by atoms with Gasteiger partial charge < -0.3 is 15.5 Å². The van der Waals surface area contributed by atoms with E-state index in [-0.39, 0.29) is 5.91 Å². The highest BCUT2D eigenvalue weighted by Gasteiger charge is 2.25. The molecule has 3 aromatic rings. The second-order valence-electron chi connectivity index (χ2n) is 6.95. The normalized spacial score (nSPS) is 14.8. The van der Waals surface area contributed by atoms with E-state index in [9.17, 15) is 4.79 Å². The number of hydrogen-bond donors (Lipinski definition) is 1. The van der Waals surface area contributed by atoms with Gasteiger partial charge in [0.15, 0.2) is 5.65 Å². The van der Waals surface area contributed by atoms with Crippen molar-refractivity contribution in [2.75, 3.05) is 36.8 Å². The van der Waals surface area contributed by atoms with Crippen molar-refractivity contribution < 1.29 is 4.79 Å². The van der Waals surface area contributed by atoms with E-state index in [0.717, 1.165) is 28.2 Å². The van der Waals surface area contributed by atoms with Crippen LogP contribution in [0.3, 0.4) is 0 Å². The van der Waals surface area contributed by atoms with E-state index in [0.29, 0.717) is 37.4 Å². The molecule has 1 fully saturated rings. The van der Waals surface area contributed by atoms with Gasteiger partial charge in [0.25, 0.3) is 5.91 Å². The Hall–Kier alpha value is -3.16. The van der Waals surface area contributed by atoms with Gasteiger partial charge in [-0.3, -0.25) is 9.48 Å². The molecule has 1 aromatic carbocycles. The summed E-state index contributed by atoms with van der Waals surface area (Å²) in [6, 6.07) is 5.47. The molecule has 2 N–H and O–H groups in total. The molecule has 0 saturated carbocycles. The molecular weight excluding hydrogens is 342 g/mol. The Balaban J connectivity index is 1.54. The predicted octanol–water partition coefficient (Wildman–Crippen LogP) is 1.52. The van der Waals surface area contributed by atoms with Crippen molar-refractivity contribution in [2.24, 2.45) is 7.05 Å². The smallest absolute Gasteiger partial charge is 0.254 e. The van der Waals surface area contributed by atoms with E-state index in [1.54, 1.807) is 16.9 Å². The Morgan fingerprint density at radius 1 is 1.11 bits per heavy atom. The van der Waals surface area contributed by atoms with Crippen molar-refractivity contribution in [1.82, 2.24) is 24.6 Å². The Kier molecular flexibility index (Phi) is 4.18. The molecule has 0 atom stereocenters. The minimum atomic E-state index is 0.0323. The first-order chi connectivity index (χ1) is 12.9. The first-order valence-corrected chi connectivity index (χ1v) is 9.01. The molecule has 0 aliphatic carbocycles. The quantitative estimate of drug-likeness (QED) is 0.692. The molecule has 1 amide bonds. The van der Waals surface area contributed by atoms with Crippen LogP contribution < -0.4 is 10.6 Å². The highest BCUT2D eigenvalue weighted by atomic mass is 16.2. The predicted molar refractivity (Wildman–Crippen MR) is 105 cm³/mol. The maximum Gasteiger partial charge on any atom is 0.254 e. The summed E-state index contributed by atoms with van der Waals surface area (Å²) in [4.78, 5) is 26.1. The average Bonchev–Trinajstić information content (AvgIpc) is 3.03. The molecule has 140 valence electrons. The molecule has 8 heteroatoms. The third-order valence-electron chi connectivity index (χ3n) is 5.04. The van der Waals surface area contributed by atoms with Crippen LogP contribution in [-0.4, -0.2) is 56.7 Å². The average molecular weight is 365 g/mol. The van der Waals surface area contributed by atoms with Crippen molar-refractivity contribution in [2.45, 2.75) is 13.8 Å². The van der Waals surface area contributed by atoms with E-state index >= 15 is 0 Å². The monoisotopic (exact) mass is 365 g/mol. The van der Waals surface area contributed by atoms with Gasteiger partial charge in [-0.25, -0.2) is 9.97 Å². The lowest BCUT2D eigenvalue weighted by atomic mass is 10.1. The summed E-state index contributed by atoms with van der Waals surface area (Å²) in [5.41, 5.74) is 8.92. The molecule has 2 aromatic heterocycles. The van der Waals surface area contributed by atoms with Crippen molar-refractivity contribution >= 4 is 28.4 Å². The summed E-state index contributed by atoms with van der Waals surface area (Å²) < 4.78 is 1.76. The number of aromatic nitrogens is 4. The van der Waals surface area contributed by atoms with E-state index in [1.807, 2.05) is 37.9 Å². The summed E-state index contributed by atoms with van der Waals surface area (Å²) in [6.45, 7) is 6.53. The number of nitrogens with two attached hydrogens (primary N) is 1. The van der Waals surface area contributed by atoms with Gasteiger partial charge in [-0.15, -0.1) is 0 Å². The minimum Gasteiger partial charge on any atom is -0.399 e. The van der Waals surface area contributed by atoms with Gasteiger partial charge in [-0.2, -0.15) is 5.10 Å². The second-order valence-corrected chi connectivity index (χ2v) is 6.95. The highest BCUT2D eigenvalue weighted by Crippen LogP contribution is 2.25. The fourth-order valence-corrected chi connectivity index (χ4v) is 3.52. The van der Waals surface area contributed by atoms with Crippen LogP contribution in [0.25, 0.3) is 11.0 Å². The lowest BCUT2D eigenvalue weighted by Crippen LogP contribution is -2.49. The number of anilines is 2. The van der Waals surface area contributed by atoms with E-state index < -0.39 is 0 Å². The van der Waals surface area contributed by atoms with Gasteiger partial charge >= 0.3 is 0 Å². The van der Waals surface area contributed by atoms with Gasteiger partial charge in [-0.05, 0) is 31.5 Å². The third-order valence-corrected chi connectivity index (χ3v) is 5.04. The lowest BCUT2D eigenvalue weighted by molar-refractivity contribution is 0.0746. The van der Waals surface area contributed by atoms with Crippen LogP contribution in [0, 0.1) is 13.8 Å². The van der Waals surface area contributed by atoms with Crippen molar-refractivity contribution in [3.05, 3.63) is 41.3 Å². The number of carbonyl (C=O) groups excluding carboxylic acids is 1. The molecule has 0 radical (unpaired) electrons. The minimum absolute atomic E-state index is 0.0323. The summed E-state index contributed by atoms with van der Waals surface area (Å²) in [5.74, 6) is 1.64. The number of benzene rings is 1. The zero-order chi connectivity index (χ0) is 19.1. The molecule has 1 saturated heterocycles. The largest absolute Gasteiger partial charge is 0.399 e. The molecule has 8 nitrogen and oxygen atoms in total. The molecule has 1 aliphatic heterocycles. The van der Waals surface area contributed by atoms with E-state index in [1.165, 1.54) is 0 Å². The number of nitrogens with zero attached hydrogens (tertiary/aromatic N) is 6. The zero-order valence-electron chi connectivity index (χ0n) is 15.8. The summed E-state index contributed by atoms with van der Waals surface area (Å²) in [5, 5.41) is 5.24. The maximum atomic E-state index is 12.9. The Morgan fingerprint density at radius 2 is 1.85 bits per heavy atom. The molecule has 0 bridgehead atoms.